The molecule has 1 aliphatic heterocycles. The number of carbonyl (C=O) groups is 2. The number of piperazine rings is 1. The molecule has 1 heterocycles. The van der Waals surface area contributed by atoms with E-state index in [1.807, 2.05) is 0 Å². The molecule has 2 aliphatic rings. The van der Waals surface area contributed by atoms with Crippen molar-refractivity contribution in [2.45, 2.75) is 37.6 Å². The SMILES string of the molecule is Cl.NC1(C(=O)N2CCN(C(=O)c3cc(Cl)cc(Cl)c3)CC2)CCCCC1. The summed E-state index contributed by atoms with van der Waals surface area (Å²) in [6, 6.07) is 4.83. The van der Waals surface area contributed by atoms with E-state index in [-0.39, 0.29) is 24.2 Å². The molecule has 2 fully saturated rings. The summed E-state index contributed by atoms with van der Waals surface area (Å²) in [4.78, 5) is 28.9. The van der Waals surface area contributed by atoms with Crippen LogP contribution in [-0.4, -0.2) is 53.3 Å². The van der Waals surface area contributed by atoms with Crippen molar-refractivity contribution in [2.75, 3.05) is 26.2 Å². The predicted molar refractivity (Wildman–Crippen MR) is 106 cm³/mol. The maximum Gasteiger partial charge on any atom is 0.254 e. The number of hydrogen-bond acceptors (Lipinski definition) is 3. The molecule has 3 rings (SSSR count). The zero-order chi connectivity index (χ0) is 18.0. The molecule has 26 heavy (non-hydrogen) atoms. The highest BCUT2D eigenvalue weighted by Crippen LogP contribution is 2.28. The molecule has 0 unspecified atom stereocenters. The first-order chi connectivity index (χ1) is 11.9. The van der Waals surface area contributed by atoms with E-state index in [2.05, 4.69) is 0 Å². The van der Waals surface area contributed by atoms with Gasteiger partial charge in [-0.25, -0.2) is 0 Å². The topological polar surface area (TPSA) is 66.6 Å². The summed E-state index contributed by atoms with van der Waals surface area (Å²) in [6.07, 6.45) is 4.68. The Labute approximate surface area is 170 Å². The lowest BCUT2D eigenvalue weighted by Gasteiger charge is -2.41. The van der Waals surface area contributed by atoms with Crippen LogP contribution in [0, 0.1) is 0 Å². The van der Waals surface area contributed by atoms with Crippen LogP contribution in [-0.2, 0) is 4.79 Å². The zero-order valence-electron chi connectivity index (χ0n) is 14.5. The minimum atomic E-state index is -0.717. The van der Waals surface area contributed by atoms with Gasteiger partial charge in [0.1, 0.15) is 0 Å². The minimum absolute atomic E-state index is 0. The van der Waals surface area contributed by atoms with Gasteiger partial charge in [-0.2, -0.15) is 0 Å². The number of amides is 2. The van der Waals surface area contributed by atoms with Crippen LogP contribution in [0.5, 0.6) is 0 Å². The molecule has 1 aromatic rings. The van der Waals surface area contributed by atoms with Gasteiger partial charge < -0.3 is 15.5 Å². The Bertz CT molecular complexity index is 649. The Balaban J connectivity index is 0.00000243. The van der Waals surface area contributed by atoms with Gasteiger partial charge in [0.2, 0.25) is 5.91 Å². The van der Waals surface area contributed by atoms with Gasteiger partial charge in [0.05, 0.1) is 5.54 Å². The molecule has 0 aromatic heterocycles. The average molecular weight is 421 g/mol. The first-order valence-electron chi connectivity index (χ1n) is 8.73. The van der Waals surface area contributed by atoms with E-state index in [1.54, 1.807) is 28.0 Å². The van der Waals surface area contributed by atoms with Gasteiger partial charge >= 0.3 is 0 Å². The molecule has 144 valence electrons. The molecule has 1 saturated heterocycles. The van der Waals surface area contributed by atoms with Crippen LogP contribution in [0.2, 0.25) is 10.0 Å². The van der Waals surface area contributed by atoms with Crippen molar-refractivity contribution in [1.29, 1.82) is 0 Å². The molecular formula is C18H24Cl3N3O2. The normalized spacial score (nSPS) is 19.7. The minimum Gasteiger partial charge on any atom is -0.338 e. The lowest BCUT2D eigenvalue weighted by molar-refractivity contribution is -0.139. The van der Waals surface area contributed by atoms with Gasteiger partial charge in [-0.3, -0.25) is 9.59 Å². The molecule has 0 atom stereocenters. The monoisotopic (exact) mass is 419 g/mol. The quantitative estimate of drug-likeness (QED) is 0.798. The van der Waals surface area contributed by atoms with E-state index in [4.69, 9.17) is 28.9 Å². The molecule has 2 N–H and O–H groups in total. The van der Waals surface area contributed by atoms with Crippen molar-refractivity contribution in [3.8, 4) is 0 Å². The third-order valence-corrected chi connectivity index (χ3v) is 5.57. The van der Waals surface area contributed by atoms with Crippen LogP contribution in [0.4, 0.5) is 0 Å². The van der Waals surface area contributed by atoms with Crippen LogP contribution in [0.1, 0.15) is 42.5 Å². The fourth-order valence-electron chi connectivity index (χ4n) is 3.68. The Kier molecular flexibility index (Phi) is 7.19. The van der Waals surface area contributed by atoms with Crippen LogP contribution in [0.15, 0.2) is 18.2 Å². The van der Waals surface area contributed by atoms with E-state index in [0.717, 1.165) is 32.1 Å². The fourth-order valence-corrected chi connectivity index (χ4v) is 4.21. The summed E-state index contributed by atoms with van der Waals surface area (Å²) in [5, 5.41) is 0.874. The van der Waals surface area contributed by atoms with Gasteiger partial charge in [-0.1, -0.05) is 42.5 Å². The van der Waals surface area contributed by atoms with Crippen molar-refractivity contribution < 1.29 is 9.59 Å². The first-order valence-corrected chi connectivity index (χ1v) is 9.48. The number of nitrogens with zero attached hydrogens (tertiary/aromatic N) is 2. The Morgan fingerprint density at radius 2 is 1.38 bits per heavy atom. The van der Waals surface area contributed by atoms with Gasteiger partial charge in [0.25, 0.3) is 5.91 Å². The highest BCUT2D eigenvalue weighted by atomic mass is 35.5. The molecule has 8 heteroatoms. The predicted octanol–water partition coefficient (Wildman–Crippen LogP) is 3.36. The second-order valence-corrected chi connectivity index (χ2v) is 7.83. The number of benzene rings is 1. The van der Waals surface area contributed by atoms with E-state index >= 15 is 0 Å². The number of hydrogen-bond donors (Lipinski definition) is 1. The second-order valence-electron chi connectivity index (χ2n) is 6.96. The highest BCUT2D eigenvalue weighted by Gasteiger charge is 2.39. The van der Waals surface area contributed by atoms with Crippen molar-refractivity contribution in [1.82, 2.24) is 9.80 Å². The van der Waals surface area contributed by atoms with Crippen molar-refractivity contribution in [2.24, 2.45) is 5.73 Å². The molecule has 1 aromatic carbocycles. The molecule has 0 radical (unpaired) electrons. The van der Waals surface area contributed by atoms with E-state index in [9.17, 15) is 9.59 Å². The Hall–Kier alpha value is -1.01. The van der Waals surface area contributed by atoms with Crippen LogP contribution >= 0.6 is 35.6 Å². The van der Waals surface area contributed by atoms with Crippen molar-refractivity contribution in [3.05, 3.63) is 33.8 Å². The molecule has 1 saturated carbocycles. The van der Waals surface area contributed by atoms with E-state index < -0.39 is 5.54 Å². The standard InChI is InChI=1S/C18H23Cl2N3O2.ClH/c19-14-10-13(11-15(20)12-14)16(24)22-6-8-23(9-7-22)17(25)18(21)4-2-1-3-5-18;/h10-12H,1-9,21H2;1H. The highest BCUT2D eigenvalue weighted by molar-refractivity contribution is 6.35. The van der Waals surface area contributed by atoms with E-state index in [1.165, 1.54) is 0 Å². The first kappa shape index (κ1) is 21.3. The molecule has 0 spiro atoms. The largest absolute Gasteiger partial charge is 0.338 e. The van der Waals surface area contributed by atoms with Gasteiger partial charge in [0.15, 0.2) is 0 Å². The summed E-state index contributed by atoms with van der Waals surface area (Å²) in [5.41, 5.74) is 6.11. The van der Waals surface area contributed by atoms with Gasteiger partial charge in [-0.15, -0.1) is 12.4 Å². The maximum atomic E-state index is 12.8. The van der Waals surface area contributed by atoms with Crippen LogP contribution < -0.4 is 5.73 Å². The molecule has 2 amide bonds. The average Bonchev–Trinajstić information content (AvgIpc) is 2.60. The maximum absolute atomic E-state index is 12.8. The van der Waals surface area contributed by atoms with Crippen LogP contribution in [0.3, 0.4) is 0 Å². The summed E-state index contributed by atoms with van der Waals surface area (Å²) < 4.78 is 0. The van der Waals surface area contributed by atoms with Gasteiger partial charge in [-0.05, 0) is 31.0 Å². The Morgan fingerprint density at radius 3 is 1.92 bits per heavy atom. The molecule has 1 aliphatic carbocycles. The third kappa shape index (κ3) is 4.63. The second kappa shape index (κ2) is 8.79. The summed E-state index contributed by atoms with van der Waals surface area (Å²) in [6.45, 7) is 2.01. The van der Waals surface area contributed by atoms with Crippen molar-refractivity contribution >= 4 is 47.4 Å². The smallest absolute Gasteiger partial charge is 0.254 e. The van der Waals surface area contributed by atoms with E-state index in [0.29, 0.717) is 41.8 Å². The van der Waals surface area contributed by atoms with Crippen LogP contribution in [0.25, 0.3) is 0 Å². The molecular weight excluding hydrogens is 397 g/mol. The lowest BCUT2D eigenvalue weighted by Crippen LogP contribution is -2.60. The summed E-state index contributed by atoms with van der Waals surface area (Å²) in [5.74, 6) is -0.0817. The number of carbonyl (C=O) groups excluding carboxylic acids is 2. The molecule has 5 nitrogen and oxygen atoms in total. The fraction of sp³-hybridized carbons (Fsp3) is 0.556. The molecule has 0 bridgehead atoms. The number of halogens is 3. The third-order valence-electron chi connectivity index (χ3n) is 5.14. The zero-order valence-corrected chi connectivity index (χ0v) is 16.9. The number of nitrogens with two attached hydrogens (primary N) is 1. The van der Waals surface area contributed by atoms with Crippen molar-refractivity contribution in [3.63, 3.8) is 0 Å². The lowest BCUT2D eigenvalue weighted by atomic mass is 9.81. The van der Waals surface area contributed by atoms with Gasteiger partial charge in [0, 0.05) is 41.8 Å². The summed E-state index contributed by atoms with van der Waals surface area (Å²) >= 11 is 12.0. The summed E-state index contributed by atoms with van der Waals surface area (Å²) in [7, 11) is 0. The number of rotatable bonds is 2. The Morgan fingerprint density at radius 1 is 0.885 bits per heavy atom.